The van der Waals surface area contributed by atoms with E-state index in [0.29, 0.717) is 61.2 Å². The molecule has 0 aliphatic carbocycles. The lowest BCUT2D eigenvalue weighted by molar-refractivity contribution is 0.0978. The molecule has 170 valence electrons. The number of aliphatic hydroxyl groups is 1. The molecule has 0 bridgehead atoms. The molecule has 5 heterocycles. The highest BCUT2D eigenvalue weighted by atomic mass is 35.5. The number of nitrogens with zero attached hydrogens (tertiary/aromatic N) is 6. The summed E-state index contributed by atoms with van der Waals surface area (Å²) in [7, 11) is 0. The van der Waals surface area contributed by atoms with Gasteiger partial charge in [-0.25, -0.2) is 15.0 Å². The minimum Gasteiger partial charge on any atom is -0.393 e. The molecule has 1 amide bonds. The maximum Gasteiger partial charge on any atom is 0.262 e. The second kappa shape index (κ2) is 8.68. The average Bonchev–Trinajstić information content (AvgIpc) is 2.80. The van der Waals surface area contributed by atoms with Crippen LogP contribution in [0.25, 0.3) is 11.3 Å². The van der Waals surface area contributed by atoms with E-state index in [1.807, 2.05) is 19.9 Å². The summed E-state index contributed by atoms with van der Waals surface area (Å²) in [4.78, 5) is 35.1. The molecule has 0 atom stereocenters. The van der Waals surface area contributed by atoms with Crippen molar-refractivity contribution in [3.63, 3.8) is 0 Å². The molecule has 0 unspecified atom stereocenters. The molecule has 3 aromatic rings. The largest absolute Gasteiger partial charge is 0.393 e. The number of aliphatic hydroxyl groups excluding tert-OH is 1. The number of hydrogen-bond acceptors (Lipinski definition) is 7. The summed E-state index contributed by atoms with van der Waals surface area (Å²) < 4.78 is 0. The highest BCUT2D eigenvalue weighted by Gasteiger charge is 2.30. The standard InChI is InChI=1S/C24H25ClN6O2/c1-14-9-15(2)22(27-11-14)17-10-21(26-13-19(17)25)31-8-5-20-18(23(31)33)12-28-24(29-20)30-6-3-16(32)4-7-30/h9-13,16,32H,3-8H2,1-2H3. The number of halogens is 1. The summed E-state index contributed by atoms with van der Waals surface area (Å²) >= 11 is 6.45. The summed E-state index contributed by atoms with van der Waals surface area (Å²) in [5.74, 6) is 0.974. The van der Waals surface area contributed by atoms with Gasteiger partial charge < -0.3 is 10.0 Å². The number of pyridine rings is 2. The van der Waals surface area contributed by atoms with Gasteiger partial charge in [-0.15, -0.1) is 0 Å². The van der Waals surface area contributed by atoms with Crippen molar-refractivity contribution in [1.29, 1.82) is 0 Å². The van der Waals surface area contributed by atoms with Crippen molar-refractivity contribution in [2.45, 2.75) is 39.2 Å². The van der Waals surface area contributed by atoms with E-state index in [1.165, 1.54) is 0 Å². The summed E-state index contributed by atoms with van der Waals surface area (Å²) in [6, 6.07) is 3.88. The fourth-order valence-corrected chi connectivity index (χ4v) is 4.62. The molecule has 0 saturated carbocycles. The van der Waals surface area contributed by atoms with E-state index in [1.54, 1.807) is 23.5 Å². The number of aromatic nitrogens is 4. The summed E-state index contributed by atoms with van der Waals surface area (Å²) in [6.45, 7) is 5.88. The van der Waals surface area contributed by atoms with Crippen molar-refractivity contribution < 1.29 is 9.90 Å². The molecule has 1 saturated heterocycles. The third-order valence-electron chi connectivity index (χ3n) is 6.24. The van der Waals surface area contributed by atoms with E-state index in [4.69, 9.17) is 11.6 Å². The Kier molecular flexibility index (Phi) is 5.72. The molecule has 1 N–H and O–H groups in total. The van der Waals surface area contributed by atoms with Crippen LogP contribution in [0.2, 0.25) is 5.02 Å². The summed E-state index contributed by atoms with van der Waals surface area (Å²) in [6.07, 6.45) is 6.73. The van der Waals surface area contributed by atoms with Gasteiger partial charge in [-0.3, -0.25) is 14.7 Å². The zero-order valence-corrected chi connectivity index (χ0v) is 19.4. The number of fused-ring (bicyclic) bond motifs is 1. The monoisotopic (exact) mass is 464 g/mol. The van der Waals surface area contributed by atoms with Crippen molar-refractivity contribution in [2.24, 2.45) is 0 Å². The fraction of sp³-hybridized carbons (Fsp3) is 0.375. The van der Waals surface area contributed by atoms with Crippen LogP contribution in [0.5, 0.6) is 0 Å². The van der Waals surface area contributed by atoms with Crippen LogP contribution in [0, 0.1) is 13.8 Å². The van der Waals surface area contributed by atoms with Crippen LogP contribution in [0.4, 0.5) is 11.8 Å². The van der Waals surface area contributed by atoms with Gasteiger partial charge in [0.05, 0.1) is 28.1 Å². The smallest absolute Gasteiger partial charge is 0.262 e. The van der Waals surface area contributed by atoms with Gasteiger partial charge in [-0.2, -0.15) is 0 Å². The van der Waals surface area contributed by atoms with E-state index in [2.05, 4.69) is 30.9 Å². The number of carbonyl (C=O) groups is 1. The molecular weight excluding hydrogens is 440 g/mol. The lowest BCUT2D eigenvalue weighted by Crippen LogP contribution is -2.40. The zero-order chi connectivity index (χ0) is 23.1. The highest BCUT2D eigenvalue weighted by Crippen LogP contribution is 2.33. The Labute approximate surface area is 197 Å². The fourth-order valence-electron chi connectivity index (χ4n) is 4.43. The van der Waals surface area contributed by atoms with Gasteiger partial charge >= 0.3 is 0 Å². The molecule has 3 aromatic heterocycles. The summed E-state index contributed by atoms with van der Waals surface area (Å²) in [5.41, 5.74) is 4.85. The Morgan fingerprint density at radius 3 is 2.55 bits per heavy atom. The Balaban J connectivity index is 1.43. The Morgan fingerprint density at radius 2 is 1.79 bits per heavy atom. The van der Waals surface area contributed by atoms with Crippen LogP contribution in [0.1, 0.15) is 40.0 Å². The van der Waals surface area contributed by atoms with E-state index < -0.39 is 0 Å². The Morgan fingerprint density at radius 1 is 1.00 bits per heavy atom. The predicted octanol–water partition coefficient (Wildman–Crippen LogP) is 3.37. The van der Waals surface area contributed by atoms with Crippen LogP contribution in [-0.4, -0.2) is 56.7 Å². The molecule has 2 aliphatic heterocycles. The SMILES string of the molecule is Cc1cnc(-c2cc(N3CCc4nc(N5CCC(O)CC5)ncc4C3=O)ncc2Cl)c(C)c1. The first-order valence-electron chi connectivity index (χ1n) is 11.1. The van der Waals surface area contributed by atoms with Gasteiger partial charge in [0, 0.05) is 50.2 Å². The van der Waals surface area contributed by atoms with E-state index in [9.17, 15) is 9.90 Å². The maximum absolute atomic E-state index is 13.3. The van der Waals surface area contributed by atoms with Crippen molar-refractivity contribution in [2.75, 3.05) is 29.4 Å². The molecule has 9 heteroatoms. The minimum absolute atomic E-state index is 0.175. The second-order valence-electron chi connectivity index (χ2n) is 8.66. The van der Waals surface area contributed by atoms with Gasteiger partial charge in [0.25, 0.3) is 5.91 Å². The molecule has 2 aliphatic rings. The normalized spacial score (nSPS) is 16.8. The van der Waals surface area contributed by atoms with Crippen LogP contribution < -0.4 is 9.80 Å². The van der Waals surface area contributed by atoms with E-state index in [0.717, 1.165) is 28.1 Å². The number of piperidine rings is 1. The maximum atomic E-state index is 13.3. The molecule has 5 rings (SSSR count). The minimum atomic E-state index is -0.260. The van der Waals surface area contributed by atoms with Crippen LogP contribution >= 0.6 is 11.6 Å². The quantitative estimate of drug-likeness (QED) is 0.634. The van der Waals surface area contributed by atoms with Crippen molar-refractivity contribution in [3.8, 4) is 11.3 Å². The lowest BCUT2D eigenvalue weighted by Gasteiger charge is -2.31. The number of amides is 1. The van der Waals surface area contributed by atoms with E-state index in [-0.39, 0.29) is 12.0 Å². The van der Waals surface area contributed by atoms with E-state index >= 15 is 0 Å². The molecule has 0 aromatic carbocycles. The average molecular weight is 465 g/mol. The highest BCUT2D eigenvalue weighted by molar-refractivity contribution is 6.33. The third kappa shape index (κ3) is 4.16. The lowest BCUT2D eigenvalue weighted by atomic mass is 10.0. The first-order valence-corrected chi connectivity index (χ1v) is 11.5. The predicted molar refractivity (Wildman–Crippen MR) is 127 cm³/mol. The van der Waals surface area contributed by atoms with Crippen LogP contribution in [0.3, 0.4) is 0 Å². The number of carbonyl (C=O) groups excluding carboxylic acids is 1. The van der Waals surface area contributed by atoms with Crippen molar-refractivity contribution >= 4 is 29.3 Å². The Hall–Kier alpha value is -3.10. The Bertz CT molecular complexity index is 1230. The topological polar surface area (TPSA) is 95.3 Å². The van der Waals surface area contributed by atoms with Crippen LogP contribution in [-0.2, 0) is 6.42 Å². The van der Waals surface area contributed by atoms with Gasteiger partial charge in [-0.05, 0) is 43.9 Å². The summed E-state index contributed by atoms with van der Waals surface area (Å²) in [5, 5.41) is 10.2. The van der Waals surface area contributed by atoms with Crippen molar-refractivity contribution in [1.82, 2.24) is 19.9 Å². The second-order valence-corrected chi connectivity index (χ2v) is 9.06. The first-order chi connectivity index (χ1) is 15.9. The molecule has 8 nitrogen and oxygen atoms in total. The van der Waals surface area contributed by atoms with Gasteiger partial charge in [0.15, 0.2) is 0 Å². The molecule has 33 heavy (non-hydrogen) atoms. The molecular formula is C24H25ClN6O2. The molecule has 0 spiro atoms. The third-order valence-corrected chi connectivity index (χ3v) is 6.54. The first kappa shape index (κ1) is 21.7. The van der Waals surface area contributed by atoms with Gasteiger partial charge in [0.2, 0.25) is 5.95 Å². The molecule has 0 radical (unpaired) electrons. The number of aryl methyl sites for hydroxylation is 2. The van der Waals surface area contributed by atoms with Gasteiger partial charge in [-0.1, -0.05) is 17.7 Å². The number of hydrogen-bond donors (Lipinski definition) is 1. The number of anilines is 2. The van der Waals surface area contributed by atoms with Crippen LogP contribution in [0.15, 0.2) is 30.7 Å². The van der Waals surface area contributed by atoms with Gasteiger partial charge in [0.1, 0.15) is 5.82 Å². The zero-order valence-electron chi connectivity index (χ0n) is 18.6. The molecule has 1 fully saturated rings. The number of rotatable bonds is 3. The van der Waals surface area contributed by atoms with Crippen molar-refractivity contribution in [3.05, 3.63) is 58.1 Å².